The van der Waals surface area contributed by atoms with E-state index in [0.29, 0.717) is 48.9 Å². The van der Waals surface area contributed by atoms with Crippen LogP contribution in [0.15, 0.2) is 78.9 Å². The highest BCUT2D eigenvalue weighted by atomic mass is 33.1. The van der Waals surface area contributed by atoms with Crippen molar-refractivity contribution in [2.24, 2.45) is 22.9 Å². The number of aromatic hydroxyl groups is 2. The standard InChI is InChI=1S/C52H74N12O12S2/c1-52(2)43(64-45(70)35(55)24-31-14-18-33(66)19-15-31)51(76)62-38(26-32-16-20-34(67)21-17-32)46(71)57-27-42(68)58-40(28-65)49(74)61-39(25-30-10-4-3-5-11-30)48(73)63-41(29-77-78-52)50(75)60-37(13-7-9-23-54)47(72)59-36(44(56)69)12-6-8-22-53/h3-5,10-11,14-21,35-41,43,65-67H,6-9,12-13,22-29,53-55H2,1-2H3,(H2,56,69)(H,57,71)(H,58,68)(H,59,72)(H,60,75)(H,61,74)(H,62,76)(H,63,73)(H,64,70)/t35-,36-,37-,38-,39-,40-,41+,43-/m0/s1. The highest BCUT2D eigenvalue weighted by molar-refractivity contribution is 8.77. The Labute approximate surface area is 460 Å². The molecule has 0 radical (unpaired) electrons. The number of hydrogen-bond acceptors (Lipinski definition) is 17. The number of carbonyl (C=O) groups excluding carboxylic acids is 9. The number of aliphatic hydroxyl groups is 1. The lowest BCUT2D eigenvalue weighted by Crippen LogP contribution is -2.62. The van der Waals surface area contributed by atoms with Crippen molar-refractivity contribution in [2.45, 2.75) is 125 Å². The molecule has 0 spiro atoms. The lowest BCUT2D eigenvalue weighted by molar-refractivity contribution is -0.135. The van der Waals surface area contributed by atoms with E-state index >= 15 is 0 Å². The van der Waals surface area contributed by atoms with E-state index in [1.807, 2.05) is 0 Å². The predicted molar refractivity (Wildman–Crippen MR) is 294 cm³/mol. The summed E-state index contributed by atoms with van der Waals surface area (Å²) in [7, 11) is 2.00. The van der Waals surface area contributed by atoms with Crippen molar-refractivity contribution in [1.82, 2.24) is 42.5 Å². The lowest BCUT2D eigenvalue weighted by Gasteiger charge is -2.35. The number of hydrogen-bond donors (Lipinski definition) is 15. The van der Waals surface area contributed by atoms with E-state index < -0.39 is 119 Å². The van der Waals surface area contributed by atoms with Gasteiger partial charge in [0.2, 0.25) is 53.2 Å². The second-order valence-electron chi connectivity index (χ2n) is 19.2. The Morgan fingerprint density at radius 1 is 0.667 bits per heavy atom. The van der Waals surface area contributed by atoms with Crippen LogP contribution in [0.25, 0.3) is 0 Å². The minimum absolute atomic E-state index is 0.0113. The molecule has 4 rings (SSSR count). The summed E-state index contributed by atoms with van der Waals surface area (Å²) >= 11 is 0. The molecule has 26 heteroatoms. The van der Waals surface area contributed by atoms with Crippen LogP contribution in [0.3, 0.4) is 0 Å². The quantitative estimate of drug-likeness (QED) is 0.0377. The summed E-state index contributed by atoms with van der Waals surface area (Å²) in [5.74, 6) is -8.19. The second-order valence-corrected chi connectivity index (χ2v) is 22.2. The van der Waals surface area contributed by atoms with Crippen LogP contribution in [0, 0.1) is 0 Å². The molecule has 0 aromatic heterocycles. The van der Waals surface area contributed by atoms with E-state index in [0.717, 1.165) is 21.6 Å². The predicted octanol–water partition coefficient (Wildman–Crippen LogP) is -2.13. The van der Waals surface area contributed by atoms with Gasteiger partial charge in [0, 0.05) is 23.3 Å². The molecule has 78 heavy (non-hydrogen) atoms. The molecule has 1 fully saturated rings. The third-order valence-electron chi connectivity index (χ3n) is 12.5. The zero-order valence-electron chi connectivity index (χ0n) is 43.7. The highest BCUT2D eigenvalue weighted by Crippen LogP contribution is 2.39. The lowest BCUT2D eigenvalue weighted by atomic mass is 9.99. The van der Waals surface area contributed by atoms with Gasteiger partial charge in [-0.05, 0) is 113 Å². The minimum Gasteiger partial charge on any atom is -0.508 e. The van der Waals surface area contributed by atoms with Gasteiger partial charge in [-0.15, -0.1) is 0 Å². The van der Waals surface area contributed by atoms with E-state index in [4.69, 9.17) is 22.9 Å². The summed E-state index contributed by atoms with van der Waals surface area (Å²) in [6.45, 7) is 2.09. The summed E-state index contributed by atoms with van der Waals surface area (Å²) in [6.07, 6.45) is 1.71. The molecule has 3 aromatic carbocycles. The Bertz CT molecular complexity index is 2490. The van der Waals surface area contributed by atoms with Crippen molar-refractivity contribution in [3.8, 4) is 11.5 Å². The van der Waals surface area contributed by atoms with E-state index in [9.17, 15) is 58.5 Å². The molecule has 0 unspecified atom stereocenters. The summed E-state index contributed by atoms with van der Waals surface area (Å²) < 4.78 is -1.37. The topological polar surface area (TPSA) is 415 Å². The number of benzene rings is 3. The van der Waals surface area contributed by atoms with Gasteiger partial charge in [-0.3, -0.25) is 43.2 Å². The second kappa shape index (κ2) is 32.1. The van der Waals surface area contributed by atoms with E-state index in [2.05, 4.69) is 42.5 Å². The molecule has 1 aliphatic rings. The number of rotatable bonds is 22. The first-order valence-corrected chi connectivity index (χ1v) is 27.8. The Balaban J connectivity index is 1.80. The van der Waals surface area contributed by atoms with Crippen LogP contribution >= 0.6 is 21.6 Å². The van der Waals surface area contributed by atoms with Crippen molar-refractivity contribution in [1.29, 1.82) is 0 Å². The molecule has 0 saturated carbocycles. The molecule has 426 valence electrons. The molecular formula is C52H74N12O12S2. The summed E-state index contributed by atoms with van der Waals surface area (Å²) in [4.78, 5) is 126. The zero-order chi connectivity index (χ0) is 57.4. The van der Waals surface area contributed by atoms with Crippen LogP contribution in [-0.2, 0) is 62.4 Å². The largest absolute Gasteiger partial charge is 0.508 e. The molecule has 1 saturated heterocycles. The molecule has 0 bridgehead atoms. The van der Waals surface area contributed by atoms with Gasteiger partial charge in [-0.1, -0.05) is 76.2 Å². The Kier molecular flexibility index (Phi) is 26.1. The smallest absolute Gasteiger partial charge is 0.245 e. The van der Waals surface area contributed by atoms with Crippen LogP contribution < -0.4 is 65.5 Å². The Morgan fingerprint density at radius 3 is 1.78 bits per heavy atom. The van der Waals surface area contributed by atoms with E-state index in [-0.39, 0.29) is 55.9 Å². The van der Waals surface area contributed by atoms with Gasteiger partial charge < -0.3 is 80.8 Å². The monoisotopic (exact) mass is 1120 g/mol. The van der Waals surface area contributed by atoms with Crippen LogP contribution in [0.2, 0.25) is 0 Å². The molecule has 0 aliphatic carbocycles. The zero-order valence-corrected chi connectivity index (χ0v) is 45.3. The van der Waals surface area contributed by atoms with Gasteiger partial charge >= 0.3 is 0 Å². The van der Waals surface area contributed by atoms with Crippen molar-refractivity contribution >= 4 is 74.8 Å². The molecule has 1 heterocycles. The number of nitrogens with one attached hydrogen (secondary N) is 8. The first-order chi connectivity index (χ1) is 37.1. The summed E-state index contributed by atoms with van der Waals surface area (Å²) in [5, 5.41) is 51.0. The van der Waals surface area contributed by atoms with Crippen molar-refractivity contribution in [3.05, 3.63) is 95.6 Å². The van der Waals surface area contributed by atoms with Crippen LogP contribution in [0.5, 0.6) is 11.5 Å². The number of aliphatic hydroxyl groups excluding tert-OH is 1. The highest BCUT2D eigenvalue weighted by Gasteiger charge is 2.41. The summed E-state index contributed by atoms with van der Waals surface area (Å²) in [5.41, 5.74) is 25.1. The third-order valence-corrected chi connectivity index (χ3v) is 15.8. The molecule has 9 amide bonds. The maximum atomic E-state index is 14.7. The number of nitrogens with two attached hydrogens (primary N) is 4. The Hall–Kier alpha value is -6.97. The van der Waals surface area contributed by atoms with Crippen LogP contribution in [-0.4, -0.2) is 154 Å². The van der Waals surface area contributed by atoms with Crippen molar-refractivity contribution in [3.63, 3.8) is 0 Å². The number of phenolic OH excluding ortho intramolecular Hbond substituents is 2. The normalized spacial score (nSPS) is 20.9. The first-order valence-electron chi connectivity index (χ1n) is 25.5. The number of amides is 9. The fraction of sp³-hybridized carbons (Fsp3) is 0.481. The first kappa shape index (κ1) is 63.6. The number of unbranched alkanes of at least 4 members (excludes halogenated alkanes) is 2. The van der Waals surface area contributed by atoms with Gasteiger partial charge in [-0.25, -0.2) is 0 Å². The van der Waals surface area contributed by atoms with E-state index in [1.165, 1.54) is 36.4 Å². The Morgan fingerprint density at radius 2 is 1.21 bits per heavy atom. The number of carbonyl (C=O) groups is 9. The van der Waals surface area contributed by atoms with Crippen LogP contribution in [0.1, 0.15) is 69.1 Å². The molecule has 19 N–H and O–H groups in total. The average molecular weight is 1120 g/mol. The molecule has 24 nitrogen and oxygen atoms in total. The maximum Gasteiger partial charge on any atom is 0.245 e. The SMILES string of the molecule is CC1(C)SSC[C@H](C(=O)N[C@@H](CCCCN)C(=O)N[C@@H](CCCCN)C(N)=O)NC(=O)[C@H](Cc2ccccc2)NC(=O)[C@H](CO)NC(=O)CNC(=O)[C@H](Cc2ccc(O)cc2)NC(=O)[C@@H]1NC(=O)[C@@H](N)Cc1ccc(O)cc1. The van der Waals surface area contributed by atoms with Gasteiger partial charge in [0.1, 0.15) is 53.8 Å². The molecular weight excluding hydrogens is 1050 g/mol. The number of primary amides is 1. The average Bonchev–Trinajstić information content (AvgIpc) is 3.41. The number of phenols is 2. The minimum atomic E-state index is -1.66. The van der Waals surface area contributed by atoms with Crippen LogP contribution in [0.4, 0.5) is 0 Å². The van der Waals surface area contributed by atoms with Gasteiger partial charge in [-0.2, -0.15) is 0 Å². The van der Waals surface area contributed by atoms with Gasteiger partial charge in [0.25, 0.3) is 0 Å². The van der Waals surface area contributed by atoms with Crippen molar-refractivity contribution in [2.75, 3.05) is 32.0 Å². The molecule has 1 aliphatic heterocycles. The van der Waals surface area contributed by atoms with Gasteiger partial charge in [0.15, 0.2) is 0 Å². The molecule has 3 aromatic rings. The maximum absolute atomic E-state index is 14.7. The van der Waals surface area contributed by atoms with Gasteiger partial charge in [0.05, 0.1) is 19.2 Å². The van der Waals surface area contributed by atoms with Crippen molar-refractivity contribution < 1.29 is 58.5 Å². The third kappa shape index (κ3) is 21.1. The van der Waals surface area contributed by atoms with E-state index in [1.54, 1.807) is 56.3 Å². The fourth-order valence-corrected chi connectivity index (χ4v) is 10.8. The fourth-order valence-electron chi connectivity index (χ4n) is 8.02. The molecule has 8 atom stereocenters. The summed E-state index contributed by atoms with van der Waals surface area (Å²) in [6, 6.07) is 9.06.